The quantitative estimate of drug-likeness (QED) is 0.0513. The number of nitrogens with zero attached hydrogens (tertiary/aromatic N) is 1. The number of carbonyl (C=O) groups is 3. The lowest BCUT2D eigenvalue weighted by molar-refractivity contribution is -0.162. The predicted molar refractivity (Wildman–Crippen MR) is 263 cm³/mol. The number of methoxy groups -OCH3 is 2. The maximum Gasteiger partial charge on any atom is 0.329 e. The van der Waals surface area contributed by atoms with E-state index in [4.69, 9.17) is 18.9 Å². The van der Waals surface area contributed by atoms with Gasteiger partial charge in [-0.2, -0.15) is 0 Å². The normalized spacial score (nSPS) is 19.8. The molecule has 6 atom stereocenters. The van der Waals surface area contributed by atoms with Gasteiger partial charge in [-0.05, 0) is 154 Å². The molecule has 66 heavy (non-hydrogen) atoms. The molecule has 2 fully saturated rings. The Hall–Kier alpha value is -4.97. The average Bonchev–Trinajstić information content (AvgIpc) is 3.97. The number of rotatable bonds is 25. The Balaban J connectivity index is 0.983. The van der Waals surface area contributed by atoms with Crippen LogP contribution in [0.1, 0.15) is 168 Å². The molecule has 1 saturated carbocycles. The molecule has 3 aromatic rings. The summed E-state index contributed by atoms with van der Waals surface area (Å²) in [4.78, 5) is 43.4. The van der Waals surface area contributed by atoms with Gasteiger partial charge < -0.3 is 29.2 Å². The van der Waals surface area contributed by atoms with Gasteiger partial charge >= 0.3 is 5.97 Å². The third-order valence-corrected chi connectivity index (χ3v) is 14.6. The number of piperidine rings is 1. The van der Waals surface area contributed by atoms with E-state index in [0.29, 0.717) is 56.0 Å². The summed E-state index contributed by atoms with van der Waals surface area (Å²) in [5, 5.41) is 3.03. The second-order valence-electron chi connectivity index (χ2n) is 19.2. The second kappa shape index (κ2) is 25.8. The highest BCUT2D eigenvalue weighted by Crippen LogP contribution is 2.55. The van der Waals surface area contributed by atoms with Gasteiger partial charge in [-0.1, -0.05) is 88.3 Å². The molecule has 3 aliphatic rings. The zero-order chi connectivity index (χ0) is 46.8. The van der Waals surface area contributed by atoms with Gasteiger partial charge in [0.2, 0.25) is 5.91 Å². The highest BCUT2D eigenvalue weighted by atomic mass is 16.5. The maximum atomic E-state index is 14.4. The number of aryl methyl sites for hydroxylation is 4. The second-order valence-corrected chi connectivity index (χ2v) is 19.2. The molecule has 3 aromatic carbocycles. The summed E-state index contributed by atoms with van der Waals surface area (Å²) < 4.78 is 23.7. The topological polar surface area (TPSA) is 103 Å². The molecule has 2 amide bonds. The fourth-order valence-electron chi connectivity index (χ4n) is 10.6. The standard InChI is InChI=1S/C57H78N2O7/c1-7-47(45-36-42(4)55(64-6)53(38-45)63-5)56(61)59-34-21-19-28-51(59)57(62)66-52(32-31-43-30-29-40(2)41(3)35-43)44-23-22-24-46(37-44)65-39-54(60)58-33-20-15-11-9-8-10-12-16-25-48-49-26-17-13-14-18-27-50(48)49/h22-24,29-30,35-38,47-52H,7-12,15-21,25-28,31-34,39H2,1-6H3,(H,58,60)/t47-,48-,49+,50-,51-,52+/m0/s1. The maximum absolute atomic E-state index is 14.4. The monoisotopic (exact) mass is 903 g/mol. The molecule has 2 aliphatic carbocycles. The first kappa shape index (κ1) is 50.4. The van der Waals surface area contributed by atoms with Crippen molar-refractivity contribution in [3.63, 3.8) is 0 Å². The Morgan fingerprint density at radius 1 is 0.773 bits per heavy atom. The van der Waals surface area contributed by atoms with E-state index in [1.165, 1.54) is 68.9 Å². The van der Waals surface area contributed by atoms with Crippen molar-refractivity contribution in [2.24, 2.45) is 17.8 Å². The van der Waals surface area contributed by atoms with Crippen LogP contribution in [-0.2, 0) is 25.5 Å². The van der Waals surface area contributed by atoms with Gasteiger partial charge in [0.15, 0.2) is 18.1 Å². The van der Waals surface area contributed by atoms with Crippen LogP contribution in [0.25, 0.3) is 0 Å². The molecule has 6 rings (SSSR count). The lowest BCUT2D eigenvalue weighted by Gasteiger charge is -2.37. The summed E-state index contributed by atoms with van der Waals surface area (Å²) in [7, 11) is 3.20. The Bertz CT molecular complexity index is 2100. The van der Waals surface area contributed by atoms with Crippen LogP contribution in [0.4, 0.5) is 0 Å². The van der Waals surface area contributed by atoms with Crippen LogP contribution in [0.3, 0.4) is 0 Å². The van der Waals surface area contributed by atoms with Crippen LogP contribution in [0.2, 0.25) is 0 Å². The van der Waals surface area contributed by atoms with Crippen molar-refractivity contribution in [1.82, 2.24) is 10.2 Å². The lowest BCUT2D eigenvalue weighted by atomic mass is 9.91. The van der Waals surface area contributed by atoms with Gasteiger partial charge in [0.25, 0.3) is 5.91 Å². The van der Waals surface area contributed by atoms with Crippen molar-refractivity contribution in [3.05, 3.63) is 88.0 Å². The van der Waals surface area contributed by atoms with Gasteiger partial charge in [-0.15, -0.1) is 11.8 Å². The minimum absolute atomic E-state index is 0.0879. The zero-order valence-corrected chi connectivity index (χ0v) is 41.0. The van der Waals surface area contributed by atoms with Crippen molar-refractivity contribution in [3.8, 4) is 29.1 Å². The molecular formula is C57H78N2O7. The van der Waals surface area contributed by atoms with E-state index in [2.05, 4.69) is 49.2 Å². The predicted octanol–water partition coefficient (Wildman–Crippen LogP) is 11.9. The SMILES string of the molecule is CC[C@H](C(=O)N1CCCC[C@H]1C(=O)O[C@H](CCc1ccc(C)c(C)c1)c1cccc(OCC(=O)NCCCCCCCCCC[C@@H]2[C@@H]3CCC#CCC[C@@H]32)c1)c1cc(C)c(OC)c(OC)c1. The molecule has 1 N–H and O–H groups in total. The summed E-state index contributed by atoms with van der Waals surface area (Å²) in [5.74, 6) is 10.2. The van der Waals surface area contributed by atoms with Crippen LogP contribution in [0, 0.1) is 50.4 Å². The highest BCUT2D eigenvalue weighted by Gasteiger charge is 2.47. The zero-order valence-electron chi connectivity index (χ0n) is 41.0. The number of carbonyl (C=O) groups excluding carboxylic acids is 3. The largest absolute Gasteiger partial charge is 0.493 e. The van der Waals surface area contributed by atoms with Crippen molar-refractivity contribution < 1.29 is 33.3 Å². The minimum Gasteiger partial charge on any atom is -0.493 e. The van der Waals surface area contributed by atoms with Crippen molar-refractivity contribution in [1.29, 1.82) is 0 Å². The molecule has 358 valence electrons. The third kappa shape index (κ3) is 14.3. The Morgan fingerprint density at radius 2 is 1.50 bits per heavy atom. The first-order valence-corrected chi connectivity index (χ1v) is 25.4. The number of hydrogen-bond acceptors (Lipinski definition) is 7. The van der Waals surface area contributed by atoms with Crippen LogP contribution < -0.4 is 19.5 Å². The first-order chi connectivity index (χ1) is 32.1. The van der Waals surface area contributed by atoms with Gasteiger partial charge in [0.1, 0.15) is 17.9 Å². The molecule has 1 aliphatic heterocycles. The number of ether oxygens (including phenoxy) is 4. The van der Waals surface area contributed by atoms with Gasteiger partial charge in [0.05, 0.1) is 20.1 Å². The molecule has 1 heterocycles. The van der Waals surface area contributed by atoms with E-state index in [9.17, 15) is 14.4 Å². The van der Waals surface area contributed by atoms with Crippen LogP contribution in [0.15, 0.2) is 54.6 Å². The fraction of sp³-hybridized carbons (Fsp3) is 0.596. The van der Waals surface area contributed by atoms with E-state index in [1.807, 2.05) is 50.2 Å². The number of nitrogens with one attached hydrogen (secondary N) is 1. The summed E-state index contributed by atoms with van der Waals surface area (Å²) in [6, 6.07) is 17.1. The molecule has 0 radical (unpaired) electrons. The Morgan fingerprint density at radius 3 is 2.20 bits per heavy atom. The Labute approximate surface area is 396 Å². The van der Waals surface area contributed by atoms with Crippen molar-refractivity contribution in [2.45, 2.75) is 168 Å². The summed E-state index contributed by atoms with van der Waals surface area (Å²) in [6.07, 6.45) is 19.6. The first-order valence-electron chi connectivity index (χ1n) is 25.4. The molecule has 0 spiro atoms. The number of unbranched alkanes of at least 4 members (excludes halogenated alkanes) is 7. The molecule has 1 saturated heterocycles. The molecule has 9 heteroatoms. The summed E-state index contributed by atoms with van der Waals surface area (Å²) >= 11 is 0. The molecule has 9 nitrogen and oxygen atoms in total. The van der Waals surface area contributed by atoms with Crippen molar-refractivity contribution >= 4 is 17.8 Å². The van der Waals surface area contributed by atoms with E-state index in [-0.39, 0.29) is 18.4 Å². The number of amides is 2. The van der Waals surface area contributed by atoms with Gasteiger partial charge in [-0.3, -0.25) is 9.59 Å². The fourth-order valence-corrected chi connectivity index (χ4v) is 10.6. The van der Waals surface area contributed by atoms with Crippen molar-refractivity contribution in [2.75, 3.05) is 33.9 Å². The van der Waals surface area contributed by atoms with Crippen LogP contribution in [-0.4, -0.2) is 62.6 Å². The minimum atomic E-state index is -0.703. The van der Waals surface area contributed by atoms with Gasteiger partial charge in [-0.25, -0.2) is 4.79 Å². The molecular weight excluding hydrogens is 825 g/mol. The van der Waals surface area contributed by atoms with E-state index < -0.39 is 24.0 Å². The summed E-state index contributed by atoms with van der Waals surface area (Å²) in [5.41, 5.74) is 6.10. The highest BCUT2D eigenvalue weighted by molar-refractivity contribution is 5.89. The smallest absolute Gasteiger partial charge is 0.329 e. The number of hydrogen-bond donors (Lipinski definition) is 1. The lowest BCUT2D eigenvalue weighted by Crippen LogP contribution is -2.50. The van der Waals surface area contributed by atoms with E-state index >= 15 is 0 Å². The molecule has 0 aromatic heterocycles. The number of likely N-dealkylation sites (tertiary alicyclic amines) is 1. The van der Waals surface area contributed by atoms with Crippen LogP contribution in [0.5, 0.6) is 17.2 Å². The number of esters is 1. The van der Waals surface area contributed by atoms with E-state index in [0.717, 1.165) is 78.5 Å². The number of benzene rings is 3. The molecule has 0 bridgehead atoms. The van der Waals surface area contributed by atoms with E-state index in [1.54, 1.807) is 19.1 Å². The summed E-state index contributed by atoms with van der Waals surface area (Å²) in [6.45, 7) is 9.18. The van der Waals surface area contributed by atoms with Crippen LogP contribution >= 0.6 is 0 Å². The number of fused-ring (bicyclic) bond motifs is 1. The average molecular weight is 903 g/mol. The van der Waals surface area contributed by atoms with Gasteiger partial charge in [0, 0.05) is 25.9 Å². The molecule has 0 unspecified atom stereocenters. The third-order valence-electron chi connectivity index (χ3n) is 14.6. The Kier molecular flexibility index (Phi) is 19.7.